The van der Waals surface area contributed by atoms with Crippen LogP contribution in [0, 0.1) is 12.8 Å². The number of amides is 1. The molecule has 3 rings (SSSR count). The minimum atomic E-state index is -0.0370. The van der Waals surface area contributed by atoms with Gasteiger partial charge in [0.05, 0.1) is 17.1 Å². The monoisotopic (exact) mass is 241 g/mol. The minimum absolute atomic E-state index is 0.00157. The van der Waals surface area contributed by atoms with Crippen LogP contribution in [0.4, 0.5) is 5.69 Å². The van der Waals surface area contributed by atoms with Crippen molar-refractivity contribution in [2.75, 3.05) is 5.32 Å². The lowest BCUT2D eigenvalue weighted by Gasteiger charge is -2.08. The summed E-state index contributed by atoms with van der Waals surface area (Å²) in [6, 6.07) is 9.78. The molecule has 1 aliphatic rings. The van der Waals surface area contributed by atoms with Gasteiger partial charge in [-0.1, -0.05) is 18.2 Å². The van der Waals surface area contributed by atoms with Crippen LogP contribution in [-0.4, -0.2) is 16.9 Å². The molecular weight excluding hydrogens is 226 g/mol. The average Bonchev–Trinajstić information content (AvgIpc) is 3.07. The predicted molar refractivity (Wildman–Crippen MR) is 71.2 cm³/mol. The molecule has 18 heavy (non-hydrogen) atoms. The van der Waals surface area contributed by atoms with Gasteiger partial charge in [-0.3, -0.25) is 9.78 Å². The molecule has 2 unspecified atom stereocenters. The fourth-order valence-corrected chi connectivity index (χ4v) is 2.09. The van der Waals surface area contributed by atoms with Crippen molar-refractivity contribution < 1.29 is 4.79 Å². The molecule has 2 aromatic rings. The molecule has 1 aromatic carbocycles. The molecule has 2 atom stereocenters. The molecule has 1 amide bonds. The summed E-state index contributed by atoms with van der Waals surface area (Å²) in [7, 11) is 0. The first-order chi connectivity index (χ1) is 8.65. The van der Waals surface area contributed by atoms with Gasteiger partial charge in [-0.15, -0.1) is 0 Å². The van der Waals surface area contributed by atoms with E-state index in [1.807, 2.05) is 37.3 Å². The number of pyridine rings is 1. The number of hydrogen-bond acceptors (Lipinski definition) is 3. The Labute approximate surface area is 105 Å². The Bertz CT molecular complexity index is 623. The minimum Gasteiger partial charge on any atom is -0.327 e. The second-order valence-electron chi connectivity index (χ2n) is 4.83. The lowest BCUT2D eigenvalue weighted by atomic mass is 10.1. The number of para-hydroxylation sites is 1. The molecule has 0 spiro atoms. The number of hydrogen-bond donors (Lipinski definition) is 2. The van der Waals surface area contributed by atoms with E-state index in [9.17, 15) is 4.79 Å². The van der Waals surface area contributed by atoms with Crippen LogP contribution in [0.15, 0.2) is 30.3 Å². The van der Waals surface area contributed by atoms with Crippen LogP contribution in [0.2, 0.25) is 0 Å². The van der Waals surface area contributed by atoms with Crippen molar-refractivity contribution in [2.45, 2.75) is 19.4 Å². The van der Waals surface area contributed by atoms with E-state index in [1.165, 1.54) is 0 Å². The highest BCUT2D eigenvalue weighted by atomic mass is 16.2. The normalized spacial score (nSPS) is 21.9. The molecule has 92 valence electrons. The first-order valence-corrected chi connectivity index (χ1v) is 6.08. The zero-order chi connectivity index (χ0) is 12.7. The number of carbonyl (C=O) groups is 1. The molecule has 3 N–H and O–H groups in total. The van der Waals surface area contributed by atoms with Crippen LogP contribution in [0.3, 0.4) is 0 Å². The second-order valence-corrected chi connectivity index (χ2v) is 4.83. The zero-order valence-corrected chi connectivity index (χ0v) is 10.2. The van der Waals surface area contributed by atoms with E-state index < -0.39 is 0 Å². The van der Waals surface area contributed by atoms with E-state index in [0.29, 0.717) is 0 Å². The zero-order valence-electron chi connectivity index (χ0n) is 10.2. The van der Waals surface area contributed by atoms with Gasteiger partial charge < -0.3 is 11.1 Å². The number of nitrogens with zero attached hydrogens (tertiary/aromatic N) is 1. The fourth-order valence-electron chi connectivity index (χ4n) is 2.09. The molecule has 1 heterocycles. The molecule has 1 fully saturated rings. The summed E-state index contributed by atoms with van der Waals surface area (Å²) in [4.78, 5) is 16.4. The third-order valence-corrected chi connectivity index (χ3v) is 3.29. The third kappa shape index (κ3) is 1.95. The van der Waals surface area contributed by atoms with Gasteiger partial charge in [0.25, 0.3) is 0 Å². The maximum atomic E-state index is 11.9. The topological polar surface area (TPSA) is 68.0 Å². The number of fused-ring (bicyclic) bond motifs is 1. The fraction of sp³-hybridized carbons (Fsp3) is 0.286. The SMILES string of the molecule is Cc1ccc2cccc(NC(=O)C3CC3N)c2n1. The highest BCUT2D eigenvalue weighted by Gasteiger charge is 2.40. The molecule has 0 saturated heterocycles. The van der Waals surface area contributed by atoms with Gasteiger partial charge in [-0.25, -0.2) is 0 Å². The highest BCUT2D eigenvalue weighted by molar-refractivity contribution is 6.02. The number of benzene rings is 1. The Morgan fingerprint density at radius 1 is 1.39 bits per heavy atom. The van der Waals surface area contributed by atoms with Gasteiger partial charge in [-0.05, 0) is 25.5 Å². The number of rotatable bonds is 2. The van der Waals surface area contributed by atoms with Gasteiger partial charge in [0.2, 0.25) is 5.91 Å². The summed E-state index contributed by atoms with van der Waals surface area (Å²) < 4.78 is 0. The Hall–Kier alpha value is -1.94. The lowest BCUT2D eigenvalue weighted by Crippen LogP contribution is -2.18. The first-order valence-electron chi connectivity index (χ1n) is 6.08. The Kier molecular flexibility index (Phi) is 2.52. The van der Waals surface area contributed by atoms with Crippen molar-refractivity contribution in [3.05, 3.63) is 36.0 Å². The van der Waals surface area contributed by atoms with Gasteiger partial charge in [-0.2, -0.15) is 0 Å². The van der Waals surface area contributed by atoms with E-state index in [1.54, 1.807) is 0 Å². The van der Waals surface area contributed by atoms with E-state index >= 15 is 0 Å². The van der Waals surface area contributed by atoms with Crippen molar-refractivity contribution in [2.24, 2.45) is 11.7 Å². The van der Waals surface area contributed by atoms with E-state index in [4.69, 9.17) is 5.73 Å². The summed E-state index contributed by atoms with van der Waals surface area (Å²) in [5.41, 5.74) is 8.22. The van der Waals surface area contributed by atoms with Gasteiger partial charge in [0.15, 0.2) is 0 Å². The molecule has 4 nitrogen and oxygen atoms in total. The van der Waals surface area contributed by atoms with E-state index in [0.717, 1.165) is 28.7 Å². The van der Waals surface area contributed by atoms with Crippen LogP contribution < -0.4 is 11.1 Å². The van der Waals surface area contributed by atoms with Crippen molar-refractivity contribution in [1.29, 1.82) is 0 Å². The summed E-state index contributed by atoms with van der Waals surface area (Å²) in [5.74, 6) is -0.0385. The summed E-state index contributed by atoms with van der Waals surface area (Å²) >= 11 is 0. The number of nitrogens with two attached hydrogens (primary N) is 1. The molecule has 1 aliphatic carbocycles. The Morgan fingerprint density at radius 3 is 2.89 bits per heavy atom. The van der Waals surface area contributed by atoms with Gasteiger partial charge in [0, 0.05) is 17.1 Å². The molecular formula is C14H15N3O. The molecule has 0 bridgehead atoms. The Balaban J connectivity index is 1.96. The summed E-state index contributed by atoms with van der Waals surface area (Å²) in [6.07, 6.45) is 0.781. The predicted octanol–water partition coefficient (Wildman–Crippen LogP) is 1.83. The first kappa shape index (κ1) is 11.2. The maximum Gasteiger partial charge on any atom is 0.229 e. The van der Waals surface area contributed by atoms with Crippen LogP contribution in [0.5, 0.6) is 0 Å². The molecule has 4 heteroatoms. The van der Waals surface area contributed by atoms with Crippen molar-refractivity contribution in [1.82, 2.24) is 4.98 Å². The quantitative estimate of drug-likeness (QED) is 0.842. The lowest BCUT2D eigenvalue weighted by molar-refractivity contribution is -0.117. The third-order valence-electron chi connectivity index (χ3n) is 3.29. The summed E-state index contributed by atoms with van der Waals surface area (Å²) in [6.45, 7) is 1.94. The Morgan fingerprint density at radius 2 is 2.17 bits per heavy atom. The van der Waals surface area contributed by atoms with E-state index in [2.05, 4.69) is 10.3 Å². The van der Waals surface area contributed by atoms with Crippen molar-refractivity contribution in [3.8, 4) is 0 Å². The van der Waals surface area contributed by atoms with Crippen LogP contribution in [0.25, 0.3) is 10.9 Å². The number of carbonyl (C=O) groups excluding carboxylic acids is 1. The van der Waals surface area contributed by atoms with Crippen LogP contribution in [-0.2, 0) is 4.79 Å². The van der Waals surface area contributed by atoms with Crippen molar-refractivity contribution >= 4 is 22.5 Å². The van der Waals surface area contributed by atoms with Gasteiger partial charge in [0.1, 0.15) is 0 Å². The number of aryl methyl sites for hydroxylation is 1. The van der Waals surface area contributed by atoms with Crippen LogP contribution in [0.1, 0.15) is 12.1 Å². The van der Waals surface area contributed by atoms with Crippen LogP contribution >= 0.6 is 0 Å². The largest absolute Gasteiger partial charge is 0.327 e. The number of anilines is 1. The molecule has 0 radical (unpaired) electrons. The molecule has 1 aromatic heterocycles. The number of aromatic nitrogens is 1. The second kappa shape index (κ2) is 4.07. The van der Waals surface area contributed by atoms with Gasteiger partial charge >= 0.3 is 0 Å². The molecule has 1 saturated carbocycles. The maximum absolute atomic E-state index is 11.9. The average molecular weight is 241 g/mol. The smallest absolute Gasteiger partial charge is 0.229 e. The highest BCUT2D eigenvalue weighted by Crippen LogP contribution is 2.30. The standard InChI is InChI=1S/C14H15N3O/c1-8-5-6-9-3-2-4-12(13(9)16-8)17-14(18)10-7-11(10)15/h2-6,10-11H,7,15H2,1H3,(H,17,18). The molecule has 0 aliphatic heterocycles. The number of nitrogens with one attached hydrogen (secondary N) is 1. The summed E-state index contributed by atoms with van der Waals surface area (Å²) in [5, 5.41) is 3.95. The van der Waals surface area contributed by atoms with E-state index in [-0.39, 0.29) is 17.9 Å². The van der Waals surface area contributed by atoms with Crippen molar-refractivity contribution in [3.63, 3.8) is 0 Å².